The van der Waals surface area contributed by atoms with Gasteiger partial charge in [-0.3, -0.25) is 9.78 Å². The standard InChI is InChI=1S/C15H9Cl2N3O/c16-10-5-4-8(6-11(10)17)13-7-19-14-9(15(18)21)2-1-3-12(14)20-13/h1-7H,(H2,18,21). The summed E-state index contributed by atoms with van der Waals surface area (Å²) in [6.07, 6.45) is 1.58. The number of amides is 1. The fraction of sp³-hybridized carbons (Fsp3) is 0. The van der Waals surface area contributed by atoms with Crippen LogP contribution in [-0.2, 0) is 0 Å². The van der Waals surface area contributed by atoms with Crippen molar-refractivity contribution in [1.29, 1.82) is 0 Å². The molecule has 0 aliphatic carbocycles. The Labute approximate surface area is 130 Å². The molecule has 21 heavy (non-hydrogen) atoms. The Balaban J connectivity index is 2.17. The number of primary amides is 1. The lowest BCUT2D eigenvalue weighted by atomic mass is 10.1. The van der Waals surface area contributed by atoms with Crippen LogP contribution in [0.25, 0.3) is 22.3 Å². The van der Waals surface area contributed by atoms with Gasteiger partial charge in [-0.05, 0) is 24.3 Å². The van der Waals surface area contributed by atoms with Crippen LogP contribution in [0.4, 0.5) is 0 Å². The van der Waals surface area contributed by atoms with Gasteiger partial charge in [-0.1, -0.05) is 35.3 Å². The Morgan fingerprint density at radius 2 is 1.90 bits per heavy atom. The summed E-state index contributed by atoms with van der Waals surface area (Å²) in [6, 6.07) is 10.3. The van der Waals surface area contributed by atoms with E-state index in [4.69, 9.17) is 28.9 Å². The van der Waals surface area contributed by atoms with Gasteiger partial charge in [0.2, 0.25) is 0 Å². The summed E-state index contributed by atoms with van der Waals surface area (Å²) in [6.45, 7) is 0. The van der Waals surface area contributed by atoms with E-state index in [1.165, 1.54) is 0 Å². The van der Waals surface area contributed by atoms with Crippen molar-refractivity contribution in [3.63, 3.8) is 0 Å². The molecule has 0 fully saturated rings. The fourth-order valence-corrected chi connectivity index (χ4v) is 2.33. The number of hydrogen-bond donors (Lipinski definition) is 1. The number of carbonyl (C=O) groups excluding carboxylic acids is 1. The first kappa shape index (κ1) is 13.8. The summed E-state index contributed by atoms with van der Waals surface area (Å²) < 4.78 is 0. The van der Waals surface area contributed by atoms with E-state index in [1.807, 2.05) is 6.07 Å². The zero-order valence-electron chi connectivity index (χ0n) is 10.7. The van der Waals surface area contributed by atoms with Crippen molar-refractivity contribution in [2.24, 2.45) is 5.73 Å². The number of benzene rings is 2. The van der Waals surface area contributed by atoms with E-state index in [0.29, 0.717) is 32.3 Å². The summed E-state index contributed by atoms with van der Waals surface area (Å²) in [5, 5.41) is 0.923. The molecule has 0 aliphatic rings. The molecule has 0 saturated heterocycles. The molecule has 0 saturated carbocycles. The lowest BCUT2D eigenvalue weighted by Crippen LogP contribution is -2.12. The molecule has 0 bridgehead atoms. The second-order valence-electron chi connectivity index (χ2n) is 4.42. The van der Waals surface area contributed by atoms with Gasteiger partial charge in [-0.2, -0.15) is 0 Å². The van der Waals surface area contributed by atoms with Gasteiger partial charge in [0.15, 0.2) is 0 Å². The van der Waals surface area contributed by atoms with Crippen LogP contribution >= 0.6 is 23.2 Å². The van der Waals surface area contributed by atoms with E-state index in [1.54, 1.807) is 36.5 Å². The number of fused-ring (bicyclic) bond motifs is 1. The van der Waals surface area contributed by atoms with Gasteiger partial charge >= 0.3 is 0 Å². The number of rotatable bonds is 2. The molecule has 104 valence electrons. The third-order valence-corrected chi connectivity index (χ3v) is 3.79. The summed E-state index contributed by atoms with van der Waals surface area (Å²) in [5.74, 6) is -0.530. The van der Waals surface area contributed by atoms with E-state index >= 15 is 0 Å². The minimum absolute atomic E-state index is 0.348. The molecule has 1 amide bonds. The third-order valence-electron chi connectivity index (χ3n) is 3.05. The highest BCUT2D eigenvalue weighted by Crippen LogP contribution is 2.28. The Morgan fingerprint density at radius 3 is 2.62 bits per heavy atom. The van der Waals surface area contributed by atoms with Crippen LogP contribution in [0.2, 0.25) is 10.0 Å². The van der Waals surface area contributed by atoms with Crippen molar-refractivity contribution in [2.45, 2.75) is 0 Å². The summed E-state index contributed by atoms with van der Waals surface area (Å²) in [4.78, 5) is 20.2. The van der Waals surface area contributed by atoms with Gasteiger partial charge in [-0.25, -0.2) is 4.98 Å². The van der Waals surface area contributed by atoms with Crippen molar-refractivity contribution in [3.05, 3.63) is 58.2 Å². The molecule has 1 aromatic heterocycles. The first-order valence-electron chi connectivity index (χ1n) is 6.07. The van der Waals surface area contributed by atoms with Gasteiger partial charge in [0.1, 0.15) is 5.52 Å². The maximum absolute atomic E-state index is 11.4. The van der Waals surface area contributed by atoms with Gasteiger partial charge in [0.05, 0.1) is 33.0 Å². The average Bonchev–Trinajstić information content (AvgIpc) is 2.48. The molecule has 6 heteroatoms. The number of carbonyl (C=O) groups is 1. The van der Waals surface area contributed by atoms with Crippen molar-refractivity contribution < 1.29 is 4.79 Å². The predicted molar refractivity (Wildman–Crippen MR) is 83.5 cm³/mol. The van der Waals surface area contributed by atoms with Crippen molar-refractivity contribution in [3.8, 4) is 11.3 Å². The molecule has 3 rings (SSSR count). The highest BCUT2D eigenvalue weighted by molar-refractivity contribution is 6.42. The first-order valence-corrected chi connectivity index (χ1v) is 6.83. The summed E-state index contributed by atoms with van der Waals surface area (Å²) in [5.41, 5.74) is 8.18. The molecule has 0 atom stereocenters. The van der Waals surface area contributed by atoms with Crippen molar-refractivity contribution in [2.75, 3.05) is 0 Å². The molecule has 0 spiro atoms. The van der Waals surface area contributed by atoms with Gasteiger partial charge in [0, 0.05) is 5.56 Å². The topological polar surface area (TPSA) is 68.9 Å². The monoisotopic (exact) mass is 317 g/mol. The zero-order chi connectivity index (χ0) is 15.0. The van der Waals surface area contributed by atoms with E-state index in [2.05, 4.69) is 9.97 Å². The van der Waals surface area contributed by atoms with E-state index in [9.17, 15) is 4.79 Å². The van der Waals surface area contributed by atoms with E-state index < -0.39 is 5.91 Å². The molecule has 4 nitrogen and oxygen atoms in total. The smallest absolute Gasteiger partial charge is 0.250 e. The van der Waals surface area contributed by atoms with Gasteiger partial charge in [0.25, 0.3) is 5.91 Å². The van der Waals surface area contributed by atoms with Crippen molar-refractivity contribution in [1.82, 2.24) is 9.97 Å². The highest BCUT2D eigenvalue weighted by Gasteiger charge is 2.10. The number of para-hydroxylation sites is 1. The molecular formula is C15H9Cl2N3O. The second-order valence-corrected chi connectivity index (χ2v) is 5.24. The average molecular weight is 318 g/mol. The molecule has 2 aromatic carbocycles. The van der Waals surface area contributed by atoms with Crippen LogP contribution in [-0.4, -0.2) is 15.9 Å². The number of hydrogen-bond acceptors (Lipinski definition) is 3. The molecule has 0 aliphatic heterocycles. The highest BCUT2D eigenvalue weighted by atomic mass is 35.5. The Kier molecular flexibility index (Phi) is 3.49. The summed E-state index contributed by atoms with van der Waals surface area (Å²) >= 11 is 11.9. The van der Waals surface area contributed by atoms with Crippen LogP contribution in [0, 0.1) is 0 Å². The Hall–Kier alpha value is -2.17. The van der Waals surface area contributed by atoms with Gasteiger partial charge < -0.3 is 5.73 Å². The Bertz CT molecular complexity index is 865. The quantitative estimate of drug-likeness (QED) is 0.783. The summed E-state index contributed by atoms with van der Waals surface area (Å²) in [7, 11) is 0. The molecule has 0 unspecified atom stereocenters. The second kappa shape index (κ2) is 5.31. The zero-order valence-corrected chi connectivity index (χ0v) is 12.2. The van der Waals surface area contributed by atoms with Gasteiger partial charge in [-0.15, -0.1) is 0 Å². The van der Waals surface area contributed by atoms with E-state index in [0.717, 1.165) is 5.56 Å². The van der Waals surface area contributed by atoms with E-state index in [-0.39, 0.29) is 0 Å². The number of halogens is 2. The van der Waals surface area contributed by atoms with Crippen LogP contribution in [0.1, 0.15) is 10.4 Å². The number of nitrogens with zero attached hydrogens (tertiary/aromatic N) is 2. The maximum Gasteiger partial charge on any atom is 0.250 e. The molecule has 1 heterocycles. The van der Waals surface area contributed by atoms with Crippen LogP contribution in [0.15, 0.2) is 42.6 Å². The SMILES string of the molecule is NC(=O)c1cccc2nc(-c3ccc(Cl)c(Cl)c3)cnc12. The first-order chi connectivity index (χ1) is 10.1. The molecule has 0 radical (unpaired) electrons. The lowest BCUT2D eigenvalue weighted by molar-refractivity contribution is 0.100. The molecule has 2 N–H and O–H groups in total. The molecular weight excluding hydrogens is 309 g/mol. The number of aromatic nitrogens is 2. The predicted octanol–water partition coefficient (Wildman–Crippen LogP) is 3.70. The normalized spacial score (nSPS) is 10.8. The van der Waals surface area contributed by atoms with Crippen molar-refractivity contribution >= 4 is 40.1 Å². The maximum atomic E-state index is 11.4. The van der Waals surface area contributed by atoms with Crippen LogP contribution in [0.5, 0.6) is 0 Å². The van der Waals surface area contributed by atoms with Crippen LogP contribution in [0.3, 0.4) is 0 Å². The lowest BCUT2D eigenvalue weighted by Gasteiger charge is -2.06. The molecule has 3 aromatic rings. The van der Waals surface area contributed by atoms with Crippen LogP contribution < -0.4 is 5.73 Å². The third kappa shape index (κ3) is 2.55. The number of nitrogens with two attached hydrogens (primary N) is 1. The minimum atomic E-state index is -0.530. The Morgan fingerprint density at radius 1 is 1.10 bits per heavy atom. The fourth-order valence-electron chi connectivity index (χ4n) is 2.03. The minimum Gasteiger partial charge on any atom is -0.366 e. The largest absolute Gasteiger partial charge is 0.366 e.